The van der Waals surface area contributed by atoms with Crippen LogP contribution in [0.3, 0.4) is 0 Å². The zero-order valence-electron chi connectivity index (χ0n) is 11.4. The number of carboxylic acids is 1. The molecule has 20 heavy (non-hydrogen) atoms. The van der Waals surface area contributed by atoms with Crippen molar-refractivity contribution in [3.05, 3.63) is 35.6 Å². The standard InChI is InChI=1S/C15H18FNO3/c1-10(15(19)20)17-8-2-3-12(9-17)14(18)11-4-6-13(16)7-5-11/h4-7,10,12H,2-3,8-9H2,1H3,(H,19,20). The molecule has 1 fully saturated rings. The summed E-state index contributed by atoms with van der Waals surface area (Å²) < 4.78 is 12.9. The highest BCUT2D eigenvalue weighted by molar-refractivity contribution is 5.98. The number of carboxylic acid groups (broad SMARTS) is 1. The van der Waals surface area contributed by atoms with E-state index in [4.69, 9.17) is 5.11 Å². The first-order valence-electron chi connectivity index (χ1n) is 6.75. The number of likely N-dealkylation sites (tertiary alicyclic amines) is 1. The van der Waals surface area contributed by atoms with Crippen molar-refractivity contribution in [2.75, 3.05) is 13.1 Å². The number of halogens is 1. The van der Waals surface area contributed by atoms with Gasteiger partial charge in [0.2, 0.25) is 0 Å². The van der Waals surface area contributed by atoms with Gasteiger partial charge in [-0.1, -0.05) is 0 Å². The van der Waals surface area contributed by atoms with Gasteiger partial charge in [0.05, 0.1) is 0 Å². The Balaban J connectivity index is 2.06. The SMILES string of the molecule is CC(C(=O)O)N1CCCC(C(=O)c2ccc(F)cc2)C1. The molecule has 0 saturated carbocycles. The molecule has 108 valence electrons. The second-order valence-corrected chi connectivity index (χ2v) is 5.22. The Morgan fingerprint density at radius 2 is 2.00 bits per heavy atom. The highest BCUT2D eigenvalue weighted by Gasteiger charge is 2.31. The molecule has 0 bridgehead atoms. The van der Waals surface area contributed by atoms with E-state index in [-0.39, 0.29) is 17.5 Å². The molecule has 0 radical (unpaired) electrons. The van der Waals surface area contributed by atoms with Gasteiger partial charge >= 0.3 is 5.97 Å². The molecule has 0 amide bonds. The quantitative estimate of drug-likeness (QED) is 0.858. The van der Waals surface area contributed by atoms with E-state index in [1.54, 1.807) is 6.92 Å². The van der Waals surface area contributed by atoms with Gasteiger partial charge in [0.25, 0.3) is 0 Å². The summed E-state index contributed by atoms with van der Waals surface area (Å²) in [4.78, 5) is 25.2. The van der Waals surface area contributed by atoms with Crippen LogP contribution in [0.2, 0.25) is 0 Å². The Bertz CT molecular complexity index is 500. The molecule has 1 aromatic carbocycles. The van der Waals surface area contributed by atoms with Gasteiger partial charge in [-0.05, 0) is 50.6 Å². The Morgan fingerprint density at radius 3 is 2.60 bits per heavy atom. The molecule has 2 unspecified atom stereocenters. The molecule has 1 aliphatic rings. The highest BCUT2D eigenvalue weighted by Crippen LogP contribution is 2.22. The summed E-state index contributed by atoms with van der Waals surface area (Å²) in [6.07, 6.45) is 1.55. The van der Waals surface area contributed by atoms with Crippen LogP contribution in [0.5, 0.6) is 0 Å². The van der Waals surface area contributed by atoms with Crippen molar-refractivity contribution in [2.45, 2.75) is 25.8 Å². The van der Waals surface area contributed by atoms with Crippen molar-refractivity contribution in [3.63, 3.8) is 0 Å². The fraction of sp³-hybridized carbons (Fsp3) is 0.467. The van der Waals surface area contributed by atoms with E-state index >= 15 is 0 Å². The first kappa shape index (κ1) is 14.7. The predicted octanol–water partition coefficient (Wildman–Crippen LogP) is 2.19. The second-order valence-electron chi connectivity index (χ2n) is 5.22. The summed E-state index contributed by atoms with van der Waals surface area (Å²) in [7, 11) is 0. The van der Waals surface area contributed by atoms with Crippen LogP contribution in [0, 0.1) is 11.7 Å². The third-order valence-electron chi connectivity index (χ3n) is 3.86. The van der Waals surface area contributed by atoms with E-state index in [2.05, 4.69) is 0 Å². The Labute approximate surface area is 117 Å². The van der Waals surface area contributed by atoms with Gasteiger partial charge in [0.15, 0.2) is 5.78 Å². The number of piperidine rings is 1. The smallest absolute Gasteiger partial charge is 0.320 e. The number of rotatable bonds is 4. The number of ketones is 1. The van der Waals surface area contributed by atoms with Crippen LogP contribution in [-0.2, 0) is 4.79 Å². The molecule has 1 aliphatic heterocycles. The summed E-state index contributed by atoms with van der Waals surface area (Å²) in [5.41, 5.74) is 0.487. The number of hydrogen-bond donors (Lipinski definition) is 1. The largest absolute Gasteiger partial charge is 0.480 e. The minimum Gasteiger partial charge on any atom is -0.480 e. The fourth-order valence-corrected chi connectivity index (χ4v) is 2.58. The van der Waals surface area contributed by atoms with Crippen LogP contribution in [0.1, 0.15) is 30.1 Å². The van der Waals surface area contributed by atoms with Gasteiger partial charge in [-0.25, -0.2) is 4.39 Å². The topological polar surface area (TPSA) is 57.6 Å². The lowest BCUT2D eigenvalue weighted by atomic mass is 9.89. The zero-order valence-corrected chi connectivity index (χ0v) is 11.4. The van der Waals surface area contributed by atoms with Crippen LogP contribution in [0.4, 0.5) is 4.39 Å². The average molecular weight is 279 g/mol. The van der Waals surface area contributed by atoms with E-state index in [0.717, 1.165) is 12.8 Å². The van der Waals surface area contributed by atoms with Gasteiger partial charge in [0, 0.05) is 18.0 Å². The van der Waals surface area contributed by atoms with Crippen molar-refractivity contribution in [2.24, 2.45) is 5.92 Å². The normalized spacial score (nSPS) is 21.4. The number of hydrogen-bond acceptors (Lipinski definition) is 3. The second kappa shape index (κ2) is 6.13. The Morgan fingerprint density at radius 1 is 1.35 bits per heavy atom. The molecule has 1 N–H and O–H groups in total. The van der Waals surface area contributed by atoms with Crippen LogP contribution in [-0.4, -0.2) is 40.9 Å². The number of nitrogens with zero attached hydrogens (tertiary/aromatic N) is 1. The molecular weight excluding hydrogens is 261 g/mol. The maximum atomic E-state index is 12.9. The van der Waals surface area contributed by atoms with Crippen LogP contribution < -0.4 is 0 Å². The van der Waals surface area contributed by atoms with Crippen LogP contribution >= 0.6 is 0 Å². The minimum absolute atomic E-state index is 0.0349. The van der Waals surface area contributed by atoms with Crippen LogP contribution in [0.25, 0.3) is 0 Å². The van der Waals surface area contributed by atoms with E-state index in [9.17, 15) is 14.0 Å². The molecule has 2 rings (SSSR count). The summed E-state index contributed by atoms with van der Waals surface area (Å²) in [6.45, 7) is 2.78. The van der Waals surface area contributed by atoms with Crippen molar-refractivity contribution in [1.29, 1.82) is 0 Å². The van der Waals surface area contributed by atoms with Crippen LogP contribution in [0.15, 0.2) is 24.3 Å². The zero-order chi connectivity index (χ0) is 14.7. The molecule has 4 nitrogen and oxygen atoms in total. The number of carbonyl (C=O) groups excluding carboxylic acids is 1. The van der Waals surface area contributed by atoms with E-state index in [1.807, 2.05) is 4.90 Å². The molecule has 0 spiro atoms. The predicted molar refractivity (Wildman–Crippen MR) is 72.1 cm³/mol. The highest BCUT2D eigenvalue weighted by atomic mass is 19.1. The molecule has 5 heteroatoms. The lowest BCUT2D eigenvalue weighted by Crippen LogP contribution is -2.46. The summed E-state index contributed by atoms with van der Waals surface area (Å²) in [5.74, 6) is -1.49. The van der Waals surface area contributed by atoms with Crippen molar-refractivity contribution >= 4 is 11.8 Å². The Hall–Kier alpha value is -1.75. The third kappa shape index (κ3) is 3.22. The van der Waals surface area contributed by atoms with Gasteiger partial charge in [-0.2, -0.15) is 0 Å². The number of benzene rings is 1. The molecule has 1 heterocycles. The number of aliphatic carboxylic acids is 1. The molecule has 0 aromatic heterocycles. The third-order valence-corrected chi connectivity index (χ3v) is 3.86. The molecule has 0 aliphatic carbocycles. The lowest BCUT2D eigenvalue weighted by molar-refractivity contribution is -0.143. The molecule has 2 atom stereocenters. The number of carbonyl (C=O) groups is 2. The molecule has 1 aromatic rings. The fourth-order valence-electron chi connectivity index (χ4n) is 2.58. The van der Waals surface area contributed by atoms with Gasteiger partial charge in [0.1, 0.15) is 11.9 Å². The average Bonchev–Trinajstić information content (AvgIpc) is 2.46. The van der Waals surface area contributed by atoms with E-state index in [1.165, 1.54) is 24.3 Å². The van der Waals surface area contributed by atoms with Crippen molar-refractivity contribution in [3.8, 4) is 0 Å². The van der Waals surface area contributed by atoms with Crippen molar-refractivity contribution in [1.82, 2.24) is 4.90 Å². The minimum atomic E-state index is -0.875. The Kier molecular flexibility index (Phi) is 4.49. The molecular formula is C15H18FNO3. The molecule has 1 saturated heterocycles. The van der Waals surface area contributed by atoms with Gasteiger partial charge in [-0.15, -0.1) is 0 Å². The van der Waals surface area contributed by atoms with E-state index < -0.39 is 12.0 Å². The van der Waals surface area contributed by atoms with Gasteiger partial charge < -0.3 is 5.11 Å². The van der Waals surface area contributed by atoms with Gasteiger partial charge in [-0.3, -0.25) is 14.5 Å². The summed E-state index contributed by atoms with van der Waals surface area (Å²) in [5, 5.41) is 9.04. The maximum Gasteiger partial charge on any atom is 0.320 e. The maximum absolute atomic E-state index is 12.9. The first-order chi connectivity index (χ1) is 9.49. The van der Waals surface area contributed by atoms with Crippen molar-refractivity contribution < 1.29 is 19.1 Å². The summed E-state index contributed by atoms with van der Waals surface area (Å²) >= 11 is 0. The van der Waals surface area contributed by atoms with E-state index in [0.29, 0.717) is 18.7 Å². The lowest BCUT2D eigenvalue weighted by Gasteiger charge is -2.34. The first-order valence-corrected chi connectivity index (χ1v) is 6.75. The monoisotopic (exact) mass is 279 g/mol. The summed E-state index contributed by atoms with van der Waals surface area (Å²) in [6, 6.07) is 4.93. The number of Topliss-reactive ketones (excluding diaryl/α,β-unsaturated/α-hetero) is 1.